The van der Waals surface area contributed by atoms with Crippen molar-refractivity contribution in [2.24, 2.45) is 0 Å². The molecule has 1 unspecified atom stereocenters. The van der Waals surface area contributed by atoms with Crippen LogP contribution in [0.15, 0.2) is 48.5 Å². The SMILES string of the molecule is CCc1ccc2c(c1)NCC(c1ccccc1)O2. The molecule has 0 bridgehead atoms. The van der Waals surface area contributed by atoms with E-state index >= 15 is 0 Å². The van der Waals surface area contributed by atoms with Gasteiger partial charge in [-0.1, -0.05) is 43.3 Å². The summed E-state index contributed by atoms with van der Waals surface area (Å²) in [5, 5.41) is 3.46. The van der Waals surface area contributed by atoms with Crippen LogP contribution in [0.25, 0.3) is 0 Å². The molecule has 3 rings (SSSR count). The summed E-state index contributed by atoms with van der Waals surface area (Å²) in [5.74, 6) is 0.951. The van der Waals surface area contributed by atoms with Crippen LogP contribution >= 0.6 is 0 Å². The van der Waals surface area contributed by atoms with E-state index in [1.54, 1.807) is 0 Å². The van der Waals surface area contributed by atoms with Crippen molar-refractivity contribution in [1.29, 1.82) is 0 Å². The first-order chi connectivity index (χ1) is 8.86. The predicted octanol–water partition coefficient (Wildman–Crippen LogP) is 3.79. The first-order valence-electron chi connectivity index (χ1n) is 6.45. The lowest BCUT2D eigenvalue weighted by Gasteiger charge is -2.28. The van der Waals surface area contributed by atoms with E-state index in [-0.39, 0.29) is 6.10 Å². The molecule has 1 N–H and O–H groups in total. The first-order valence-corrected chi connectivity index (χ1v) is 6.45. The van der Waals surface area contributed by atoms with Crippen LogP contribution in [0, 0.1) is 0 Å². The fourth-order valence-electron chi connectivity index (χ4n) is 2.29. The molecule has 1 aliphatic heterocycles. The summed E-state index contributed by atoms with van der Waals surface area (Å²) in [6.07, 6.45) is 1.16. The zero-order chi connectivity index (χ0) is 12.4. The number of anilines is 1. The van der Waals surface area contributed by atoms with Crippen molar-refractivity contribution in [1.82, 2.24) is 0 Å². The minimum atomic E-state index is 0.103. The third-order valence-corrected chi connectivity index (χ3v) is 3.37. The molecule has 2 aromatic carbocycles. The first kappa shape index (κ1) is 11.1. The van der Waals surface area contributed by atoms with Gasteiger partial charge in [-0.3, -0.25) is 0 Å². The summed E-state index contributed by atoms with van der Waals surface area (Å²) < 4.78 is 6.05. The topological polar surface area (TPSA) is 21.3 Å². The highest BCUT2D eigenvalue weighted by molar-refractivity contribution is 5.60. The summed E-state index contributed by atoms with van der Waals surface area (Å²) >= 11 is 0. The van der Waals surface area contributed by atoms with Crippen molar-refractivity contribution in [2.75, 3.05) is 11.9 Å². The van der Waals surface area contributed by atoms with Gasteiger partial charge in [-0.05, 0) is 29.7 Å². The number of hydrogen-bond acceptors (Lipinski definition) is 2. The molecule has 1 heterocycles. The van der Waals surface area contributed by atoms with Crippen LogP contribution in [-0.4, -0.2) is 6.54 Å². The molecular formula is C16H17NO. The zero-order valence-corrected chi connectivity index (χ0v) is 10.5. The molecule has 0 saturated heterocycles. The Morgan fingerprint density at radius 1 is 1.17 bits per heavy atom. The van der Waals surface area contributed by atoms with Crippen LogP contribution in [0.3, 0.4) is 0 Å². The molecule has 1 aliphatic rings. The van der Waals surface area contributed by atoms with Gasteiger partial charge >= 0.3 is 0 Å². The molecule has 2 aromatic rings. The van der Waals surface area contributed by atoms with Crippen molar-refractivity contribution in [2.45, 2.75) is 19.4 Å². The summed E-state index contributed by atoms with van der Waals surface area (Å²) in [5.41, 5.74) is 3.67. The van der Waals surface area contributed by atoms with E-state index in [0.29, 0.717) is 0 Å². The number of nitrogens with one attached hydrogen (secondary N) is 1. The Morgan fingerprint density at radius 2 is 2.00 bits per heavy atom. The van der Waals surface area contributed by atoms with Crippen LogP contribution in [0.1, 0.15) is 24.2 Å². The number of ether oxygens (including phenoxy) is 1. The van der Waals surface area contributed by atoms with Gasteiger partial charge in [0.05, 0.1) is 12.2 Å². The smallest absolute Gasteiger partial charge is 0.143 e. The van der Waals surface area contributed by atoms with E-state index in [2.05, 4.69) is 42.6 Å². The average molecular weight is 239 g/mol. The van der Waals surface area contributed by atoms with E-state index in [9.17, 15) is 0 Å². The van der Waals surface area contributed by atoms with Crippen molar-refractivity contribution in [3.05, 3.63) is 59.7 Å². The molecule has 92 valence electrons. The highest BCUT2D eigenvalue weighted by atomic mass is 16.5. The van der Waals surface area contributed by atoms with Crippen molar-refractivity contribution in [3.63, 3.8) is 0 Å². The molecule has 18 heavy (non-hydrogen) atoms. The number of hydrogen-bond donors (Lipinski definition) is 1. The van der Waals surface area contributed by atoms with Gasteiger partial charge in [0.1, 0.15) is 11.9 Å². The molecule has 0 spiro atoms. The van der Waals surface area contributed by atoms with Gasteiger partial charge in [-0.15, -0.1) is 0 Å². The molecule has 2 nitrogen and oxygen atoms in total. The fourth-order valence-corrected chi connectivity index (χ4v) is 2.29. The van der Waals surface area contributed by atoms with Crippen LogP contribution in [-0.2, 0) is 6.42 Å². The molecule has 0 saturated carbocycles. The number of aryl methyl sites for hydroxylation is 1. The molecule has 0 fully saturated rings. The Balaban J connectivity index is 1.85. The molecule has 0 aliphatic carbocycles. The second-order valence-electron chi connectivity index (χ2n) is 4.58. The fraction of sp³-hybridized carbons (Fsp3) is 0.250. The van der Waals surface area contributed by atoms with E-state index < -0.39 is 0 Å². The second-order valence-corrected chi connectivity index (χ2v) is 4.58. The number of benzene rings is 2. The summed E-state index contributed by atoms with van der Waals surface area (Å²) in [6, 6.07) is 16.7. The highest BCUT2D eigenvalue weighted by Crippen LogP contribution is 2.34. The Morgan fingerprint density at radius 3 is 2.78 bits per heavy atom. The van der Waals surface area contributed by atoms with Gasteiger partial charge in [0.15, 0.2) is 0 Å². The quantitative estimate of drug-likeness (QED) is 0.860. The lowest BCUT2D eigenvalue weighted by Crippen LogP contribution is -2.23. The molecule has 0 radical (unpaired) electrons. The maximum atomic E-state index is 6.05. The Bertz CT molecular complexity index is 536. The normalized spacial score (nSPS) is 17.5. The molecule has 0 amide bonds. The van der Waals surface area contributed by atoms with E-state index in [1.807, 2.05) is 18.2 Å². The largest absolute Gasteiger partial charge is 0.482 e. The minimum Gasteiger partial charge on any atom is -0.482 e. The van der Waals surface area contributed by atoms with E-state index in [1.165, 1.54) is 11.1 Å². The molecule has 0 aromatic heterocycles. The van der Waals surface area contributed by atoms with Crippen LogP contribution < -0.4 is 10.1 Å². The average Bonchev–Trinajstić information content (AvgIpc) is 2.47. The number of fused-ring (bicyclic) bond motifs is 1. The predicted molar refractivity (Wildman–Crippen MR) is 74.1 cm³/mol. The summed E-state index contributed by atoms with van der Waals surface area (Å²) in [4.78, 5) is 0. The van der Waals surface area contributed by atoms with Gasteiger partial charge in [0.25, 0.3) is 0 Å². The standard InChI is InChI=1S/C16H17NO/c1-2-12-8-9-15-14(10-12)17-11-16(18-15)13-6-4-3-5-7-13/h3-10,16-17H,2,11H2,1H3. The van der Waals surface area contributed by atoms with Gasteiger partial charge in [0, 0.05) is 0 Å². The lowest BCUT2D eigenvalue weighted by molar-refractivity contribution is 0.210. The summed E-state index contributed by atoms with van der Waals surface area (Å²) in [7, 11) is 0. The third kappa shape index (κ3) is 2.06. The molecule has 2 heteroatoms. The Hall–Kier alpha value is -1.96. The Kier molecular flexibility index (Phi) is 2.93. The van der Waals surface area contributed by atoms with Crippen LogP contribution in [0.4, 0.5) is 5.69 Å². The summed E-state index contributed by atoms with van der Waals surface area (Å²) in [6.45, 7) is 2.99. The zero-order valence-electron chi connectivity index (χ0n) is 10.5. The van der Waals surface area contributed by atoms with Gasteiger partial charge in [0.2, 0.25) is 0 Å². The highest BCUT2D eigenvalue weighted by Gasteiger charge is 2.20. The third-order valence-electron chi connectivity index (χ3n) is 3.37. The van der Waals surface area contributed by atoms with Crippen LogP contribution in [0.2, 0.25) is 0 Å². The Labute approximate surface area is 108 Å². The van der Waals surface area contributed by atoms with Gasteiger partial charge in [-0.2, -0.15) is 0 Å². The lowest BCUT2D eigenvalue weighted by atomic mass is 10.1. The molecular weight excluding hydrogens is 222 g/mol. The van der Waals surface area contributed by atoms with Crippen molar-refractivity contribution >= 4 is 5.69 Å². The van der Waals surface area contributed by atoms with Gasteiger partial charge < -0.3 is 10.1 Å². The van der Waals surface area contributed by atoms with Gasteiger partial charge in [-0.25, -0.2) is 0 Å². The second kappa shape index (κ2) is 4.73. The number of rotatable bonds is 2. The van der Waals surface area contributed by atoms with E-state index in [0.717, 1.165) is 24.4 Å². The van der Waals surface area contributed by atoms with E-state index in [4.69, 9.17) is 4.74 Å². The van der Waals surface area contributed by atoms with Crippen molar-refractivity contribution < 1.29 is 4.74 Å². The van der Waals surface area contributed by atoms with Crippen molar-refractivity contribution in [3.8, 4) is 5.75 Å². The molecule has 1 atom stereocenters. The monoisotopic (exact) mass is 239 g/mol. The van der Waals surface area contributed by atoms with Crippen LogP contribution in [0.5, 0.6) is 5.75 Å². The maximum Gasteiger partial charge on any atom is 0.143 e. The maximum absolute atomic E-state index is 6.05. The minimum absolute atomic E-state index is 0.103.